The number of aryl methyl sites for hydroxylation is 1. The van der Waals surface area contributed by atoms with Crippen LogP contribution in [0.4, 0.5) is 0 Å². The Morgan fingerprint density at radius 2 is 1.83 bits per heavy atom. The summed E-state index contributed by atoms with van der Waals surface area (Å²) in [7, 11) is 0. The van der Waals surface area contributed by atoms with Crippen LogP contribution in [0.1, 0.15) is 40.2 Å². The average Bonchev–Trinajstić information content (AvgIpc) is 2.33. The molecule has 0 saturated carbocycles. The Bertz CT molecular complexity index is 354. The highest BCUT2D eigenvalue weighted by atomic mass is 16.5. The quantitative estimate of drug-likeness (QED) is 0.831. The number of hydrogen-bond acceptors (Lipinski definition) is 2. The molecule has 1 unspecified atom stereocenters. The van der Waals surface area contributed by atoms with E-state index in [1.54, 1.807) is 0 Å². The van der Waals surface area contributed by atoms with E-state index in [1.165, 1.54) is 5.56 Å². The summed E-state index contributed by atoms with van der Waals surface area (Å²) < 4.78 is 6.01. The highest BCUT2D eigenvalue weighted by Gasteiger charge is 2.24. The molecule has 102 valence electrons. The van der Waals surface area contributed by atoms with Crippen LogP contribution in [0.15, 0.2) is 24.3 Å². The lowest BCUT2D eigenvalue weighted by molar-refractivity contribution is 0.175. The van der Waals surface area contributed by atoms with Crippen LogP contribution in [0.25, 0.3) is 0 Å². The van der Waals surface area contributed by atoms with Gasteiger partial charge in [0.05, 0.1) is 0 Å². The summed E-state index contributed by atoms with van der Waals surface area (Å²) in [6.45, 7) is 12.7. The van der Waals surface area contributed by atoms with Gasteiger partial charge in [0.15, 0.2) is 0 Å². The van der Waals surface area contributed by atoms with Gasteiger partial charge in [0.25, 0.3) is 0 Å². The zero-order valence-electron chi connectivity index (χ0n) is 12.4. The van der Waals surface area contributed by atoms with E-state index in [0.717, 1.165) is 18.7 Å². The van der Waals surface area contributed by atoms with E-state index in [0.29, 0.717) is 12.6 Å². The van der Waals surface area contributed by atoms with Crippen molar-refractivity contribution in [1.29, 1.82) is 0 Å². The minimum Gasteiger partial charge on any atom is -0.492 e. The second-order valence-electron chi connectivity index (χ2n) is 5.75. The Kier molecular flexibility index (Phi) is 5.67. The third-order valence-corrected chi connectivity index (χ3v) is 3.25. The summed E-state index contributed by atoms with van der Waals surface area (Å²) in [6.07, 6.45) is 1.01. The number of hydrogen-bond donors (Lipinski definition) is 1. The first kappa shape index (κ1) is 15.0. The SMILES string of the molecule is CCNC(COc1ccccc1CC)C(C)(C)C. The second kappa shape index (κ2) is 6.79. The van der Waals surface area contributed by atoms with Crippen molar-refractivity contribution in [2.45, 2.75) is 47.1 Å². The summed E-state index contributed by atoms with van der Waals surface area (Å²) in [6, 6.07) is 8.66. The summed E-state index contributed by atoms with van der Waals surface area (Å²) in [4.78, 5) is 0. The topological polar surface area (TPSA) is 21.3 Å². The third-order valence-electron chi connectivity index (χ3n) is 3.25. The lowest BCUT2D eigenvalue weighted by Gasteiger charge is -2.31. The first-order valence-electron chi connectivity index (χ1n) is 6.93. The van der Waals surface area contributed by atoms with E-state index in [2.05, 4.69) is 58.1 Å². The number of benzene rings is 1. The fraction of sp³-hybridized carbons (Fsp3) is 0.625. The summed E-state index contributed by atoms with van der Waals surface area (Å²) in [5.41, 5.74) is 1.48. The lowest BCUT2D eigenvalue weighted by Crippen LogP contribution is -2.44. The van der Waals surface area contributed by atoms with Crippen molar-refractivity contribution in [2.24, 2.45) is 5.41 Å². The van der Waals surface area contributed by atoms with Gasteiger partial charge in [-0.1, -0.05) is 52.8 Å². The van der Waals surface area contributed by atoms with Gasteiger partial charge in [-0.3, -0.25) is 0 Å². The van der Waals surface area contributed by atoms with Gasteiger partial charge in [-0.25, -0.2) is 0 Å². The molecule has 0 amide bonds. The van der Waals surface area contributed by atoms with Gasteiger partial charge in [-0.2, -0.15) is 0 Å². The maximum atomic E-state index is 6.01. The number of likely N-dealkylation sites (N-methyl/N-ethyl adjacent to an activating group) is 1. The Hall–Kier alpha value is -1.02. The number of para-hydroxylation sites is 1. The zero-order chi connectivity index (χ0) is 13.6. The predicted molar refractivity (Wildman–Crippen MR) is 78.2 cm³/mol. The minimum atomic E-state index is 0.206. The van der Waals surface area contributed by atoms with Crippen LogP contribution in [0.3, 0.4) is 0 Å². The summed E-state index contributed by atoms with van der Waals surface area (Å²) in [5.74, 6) is 1.02. The minimum absolute atomic E-state index is 0.206. The molecule has 1 aromatic rings. The second-order valence-corrected chi connectivity index (χ2v) is 5.75. The maximum absolute atomic E-state index is 6.01. The van der Waals surface area contributed by atoms with Gasteiger partial charge >= 0.3 is 0 Å². The first-order chi connectivity index (χ1) is 8.49. The molecular formula is C16H27NO. The van der Waals surface area contributed by atoms with E-state index >= 15 is 0 Å². The van der Waals surface area contributed by atoms with E-state index in [4.69, 9.17) is 4.74 Å². The van der Waals surface area contributed by atoms with Crippen molar-refractivity contribution >= 4 is 0 Å². The molecule has 0 spiro atoms. The molecule has 1 atom stereocenters. The number of ether oxygens (including phenoxy) is 1. The summed E-state index contributed by atoms with van der Waals surface area (Å²) in [5, 5.41) is 3.51. The van der Waals surface area contributed by atoms with Crippen LogP contribution in [-0.2, 0) is 6.42 Å². The molecule has 1 rings (SSSR count). The zero-order valence-corrected chi connectivity index (χ0v) is 12.4. The van der Waals surface area contributed by atoms with Crippen LogP contribution in [0.2, 0.25) is 0 Å². The van der Waals surface area contributed by atoms with E-state index in [1.807, 2.05) is 6.07 Å². The first-order valence-corrected chi connectivity index (χ1v) is 6.93. The fourth-order valence-electron chi connectivity index (χ4n) is 1.97. The molecular weight excluding hydrogens is 222 g/mol. The van der Waals surface area contributed by atoms with E-state index in [9.17, 15) is 0 Å². The van der Waals surface area contributed by atoms with Gasteiger partial charge in [0.2, 0.25) is 0 Å². The fourth-order valence-corrected chi connectivity index (χ4v) is 1.97. The van der Waals surface area contributed by atoms with Gasteiger partial charge in [0, 0.05) is 6.04 Å². The Morgan fingerprint density at radius 1 is 1.17 bits per heavy atom. The molecule has 0 aliphatic rings. The molecule has 0 aromatic heterocycles. The van der Waals surface area contributed by atoms with E-state index < -0.39 is 0 Å². The smallest absolute Gasteiger partial charge is 0.122 e. The molecule has 2 nitrogen and oxygen atoms in total. The maximum Gasteiger partial charge on any atom is 0.122 e. The molecule has 0 bridgehead atoms. The Balaban J connectivity index is 2.67. The van der Waals surface area contributed by atoms with Crippen molar-refractivity contribution < 1.29 is 4.74 Å². The standard InChI is InChI=1S/C16H27NO/c1-6-13-10-8-9-11-14(13)18-12-15(17-7-2)16(3,4)5/h8-11,15,17H,6-7,12H2,1-5H3. The third kappa shape index (κ3) is 4.34. The van der Waals surface area contributed by atoms with Crippen LogP contribution in [0.5, 0.6) is 5.75 Å². The molecule has 1 N–H and O–H groups in total. The van der Waals surface area contributed by atoms with E-state index in [-0.39, 0.29) is 5.41 Å². The normalized spacial score (nSPS) is 13.4. The van der Waals surface area contributed by atoms with Crippen LogP contribution >= 0.6 is 0 Å². The molecule has 1 aromatic carbocycles. The number of rotatable bonds is 6. The predicted octanol–water partition coefficient (Wildman–Crippen LogP) is 3.65. The van der Waals surface area contributed by atoms with Crippen molar-refractivity contribution in [3.8, 4) is 5.75 Å². The monoisotopic (exact) mass is 249 g/mol. The van der Waals surface area contributed by atoms with Crippen LogP contribution < -0.4 is 10.1 Å². The molecule has 0 fully saturated rings. The Labute approximate surface area is 112 Å². The van der Waals surface area contributed by atoms with Gasteiger partial charge in [0.1, 0.15) is 12.4 Å². The molecule has 18 heavy (non-hydrogen) atoms. The van der Waals surface area contributed by atoms with Gasteiger partial charge in [-0.15, -0.1) is 0 Å². The molecule has 0 aliphatic heterocycles. The molecule has 0 heterocycles. The average molecular weight is 249 g/mol. The highest BCUT2D eigenvalue weighted by molar-refractivity contribution is 5.33. The molecule has 2 heteroatoms. The highest BCUT2D eigenvalue weighted by Crippen LogP contribution is 2.23. The van der Waals surface area contributed by atoms with Crippen molar-refractivity contribution in [3.63, 3.8) is 0 Å². The summed E-state index contributed by atoms with van der Waals surface area (Å²) >= 11 is 0. The van der Waals surface area contributed by atoms with Crippen LogP contribution in [0, 0.1) is 5.41 Å². The lowest BCUT2D eigenvalue weighted by atomic mass is 9.87. The van der Waals surface area contributed by atoms with Crippen LogP contribution in [-0.4, -0.2) is 19.2 Å². The number of nitrogens with one attached hydrogen (secondary N) is 1. The van der Waals surface area contributed by atoms with Crippen molar-refractivity contribution in [1.82, 2.24) is 5.32 Å². The van der Waals surface area contributed by atoms with Gasteiger partial charge < -0.3 is 10.1 Å². The molecule has 0 saturated heterocycles. The molecule has 0 aliphatic carbocycles. The van der Waals surface area contributed by atoms with Crippen molar-refractivity contribution in [3.05, 3.63) is 29.8 Å². The van der Waals surface area contributed by atoms with Crippen molar-refractivity contribution in [2.75, 3.05) is 13.2 Å². The largest absolute Gasteiger partial charge is 0.492 e. The van der Waals surface area contributed by atoms with Gasteiger partial charge in [-0.05, 0) is 30.0 Å². The molecule has 0 radical (unpaired) electrons. The Morgan fingerprint density at radius 3 is 2.39 bits per heavy atom.